The fourth-order valence-corrected chi connectivity index (χ4v) is 6.87. The highest BCUT2D eigenvalue weighted by atomic mass is 16.3. The third kappa shape index (κ3) is 4.20. The Hall–Kier alpha value is -5.80. The minimum Gasteiger partial charge on any atom is -0.456 e. The van der Waals surface area contributed by atoms with E-state index in [9.17, 15) is 0 Å². The van der Waals surface area contributed by atoms with Gasteiger partial charge >= 0.3 is 0 Å². The number of allylic oxidation sites excluding steroid dienone is 4. The van der Waals surface area contributed by atoms with Crippen molar-refractivity contribution in [2.75, 3.05) is 4.90 Å². The Morgan fingerprint density at radius 1 is 0.533 bits per heavy atom. The van der Waals surface area contributed by atoms with Crippen molar-refractivity contribution in [2.45, 2.75) is 12.8 Å². The highest BCUT2D eigenvalue weighted by Gasteiger charge is 2.22. The number of fused-ring (bicyclic) bond motifs is 6. The molecular formula is C42H29NO2. The molecule has 6 aromatic carbocycles. The van der Waals surface area contributed by atoms with E-state index in [-0.39, 0.29) is 0 Å². The first-order valence-electron chi connectivity index (χ1n) is 15.5. The number of hydrogen-bond donors (Lipinski definition) is 0. The summed E-state index contributed by atoms with van der Waals surface area (Å²) in [5, 5.41) is 4.32. The average Bonchev–Trinajstić information content (AvgIpc) is 3.67. The summed E-state index contributed by atoms with van der Waals surface area (Å²) in [5.74, 6) is 0. The van der Waals surface area contributed by atoms with E-state index in [1.54, 1.807) is 0 Å². The molecule has 0 bridgehead atoms. The SMILES string of the molecule is C1=CCCC(N(c2ccccc2)c2ccc(-c3cccc4c3oc3c(-c5ccccc5)c5c(cc34)oc3ccccc35)cc2)=C1. The quantitative estimate of drug-likeness (QED) is 0.203. The fourth-order valence-electron chi connectivity index (χ4n) is 6.87. The summed E-state index contributed by atoms with van der Waals surface area (Å²) < 4.78 is 13.3. The third-order valence-electron chi connectivity index (χ3n) is 8.92. The lowest BCUT2D eigenvalue weighted by molar-refractivity contribution is 0.665. The number of anilines is 2. The normalized spacial score (nSPS) is 13.2. The van der Waals surface area contributed by atoms with Crippen LogP contribution in [0, 0.1) is 0 Å². The Labute approximate surface area is 260 Å². The number of nitrogens with zero attached hydrogens (tertiary/aromatic N) is 1. The fraction of sp³-hybridized carbons (Fsp3) is 0.0476. The topological polar surface area (TPSA) is 29.5 Å². The molecule has 0 radical (unpaired) electrons. The van der Waals surface area contributed by atoms with Gasteiger partial charge < -0.3 is 13.7 Å². The van der Waals surface area contributed by atoms with Crippen molar-refractivity contribution in [1.82, 2.24) is 0 Å². The summed E-state index contributed by atoms with van der Waals surface area (Å²) in [4.78, 5) is 2.36. The van der Waals surface area contributed by atoms with Crippen LogP contribution in [0.4, 0.5) is 11.4 Å². The molecule has 0 fully saturated rings. The van der Waals surface area contributed by atoms with E-state index < -0.39 is 0 Å². The molecule has 0 amide bonds. The van der Waals surface area contributed by atoms with Crippen LogP contribution in [-0.2, 0) is 0 Å². The Balaban J connectivity index is 1.23. The van der Waals surface area contributed by atoms with Crippen LogP contribution in [-0.4, -0.2) is 0 Å². The molecule has 0 aliphatic heterocycles. The summed E-state index contributed by atoms with van der Waals surface area (Å²) >= 11 is 0. The van der Waals surface area contributed by atoms with Crippen LogP contribution in [0.1, 0.15) is 12.8 Å². The van der Waals surface area contributed by atoms with Gasteiger partial charge in [-0.15, -0.1) is 0 Å². The van der Waals surface area contributed by atoms with Crippen LogP contribution in [0.25, 0.3) is 66.1 Å². The van der Waals surface area contributed by atoms with Gasteiger partial charge in [-0.1, -0.05) is 109 Å². The Kier molecular flexibility index (Phi) is 5.95. The van der Waals surface area contributed by atoms with E-state index in [0.717, 1.165) is 90.3 Å². The lowest BCUT2D eigenvalue weighted by atomic mass is 9.96. The first kappa shape index (κ1) is 25.7. The number of para-hydroxylation sites is 3. The predicted molar refractivity (Wildman–Crippen MR) is 187 cm³/mol. The molecule has 1 aliphatic carbocycles. The largest absolute Gasteiger partial charge is 0.456 e. The second-order valence-corrected chi connectivity index (χ2v) is 11.6. The molecule has 214 valence electrons. The number of benzene rings is 6. The summed E-state index contributed by atoms with van der Waals surface area (Å²) in [6.45, 7) is 0. The zero-order chi connectivity index (χ0) is 29.7. The lowest BCUT2D eigenvalue weighted by Gasteiger charge is -2.29. The molecule has 45 heavy (non-hydrogen) atoms. The van der Waals surface area contributed by atoms with Gasteiger partial charge in [-0.2, -0.15) is 0 Å². The molecule has 8 aromatic rings. The number of rotatable bonds is 5. The van der Waals surface area contributed by atoms with Gasteiger partial charge in [0.15, 0.2) is 0 Å². The third-order valence-corrected chi connectivity index (χ3v) is 8.92. The highest BCUT2D eigenvalue weighted by Crippen LogP contribution is 2.46. The van der Waals surface area contributed by atoms with Crippen molar-refractivity contribution in [3.8, 4) is 22.3 Å². The molecular weight excluding hydrogens is 550 g/mol. The van der Waals surface area contributed by atoms with Crippen LogP contribution in [0.2, 0.25) is 0 Å². The summed E-state index contributed by atoms with van der Waals surface area (Å²) in [6.07, 6.45) is 8.67. The van der Waals surface area contributed by atoms with Gasteiger partial charge in [-0.3, -0.25) is 0 Å². The van der Waals surface area contributed by atoms with Crippen LogP contribution in [0.5, 0.6) is 0 Å². The molecule has 0 spiro atoms. The van der Waals surface area contributed by atoms with Gasteiger partial charge in [-0.25, -0.2) is 0 Å². The minimum atomic E-state index is 0.868. The molecule has 0 unspecified atom stereocenters. The number of furan rings is 2. The molecule has 0 saturated heterocycles. The molecule has 3 heteroatoms. The first-order chi connectivity index (χ1) is 22.3. The molecule has 0 N–H and O–H groups in total. The maximum Gasteiger partial charge on any atom is 0.144 e. The van der Waals surface area contributed by atoms with Crippen molar-refractivity contribution in [3.05, 3.63) is 157 Å². The van der Waals surface area contributed by atoms with Gasteiger partial charge in [0, 0.05) is 49.7 Å². The maximum absolute atomic E-state index is 6.92. The molecule has 0 atom stereocenters. The van der Waals surface area contributed by atoms with Gasteiger partial charge in [-0.05, 0) is 66.4 Å². The van der Waals surface area contributed by atoms with Gasteiger partial charge in [0.1, 0.15) is 22.3 Å². The Morgan fingerprint density at radius 2 is 1.27 bits per heavy atom. The van der Waals surface area contributed by atoms with Crippen molar-refractivity contribution in [3.63, 3.8) is 0 Å². The molecule has 0 saturated carbocycles. The number of hydrogen-bond acceptors (Lipinski definition) is 3. The van der Waals surface area contributed by atoms with E-state index in [2.05, 4.69) is 144 Å². The van der Waals surface area contributed by atoms with Crippen molar-refractivity contribution >= 4 is 55.3 Å². The maximum atomic E-state index is 6.92. The van der Waals surface area contributed by atoms with Crippen LogP contribution < -0.4 is 4.90 Å². The molecule has 1 aliphatic rings. The van der Waals surface area contributed by atoms with Crippen LogP contribution in [0.15, 0.2) is 166 Å². The molecule has 2 heterocycles. The molecule has 2 aromatic heterocycles. The second-order valence-electron chi connectivity index (χ2n) is 11.6. The zero-order valence-electron chi connectivity index (χ0n) is 24.6. The predicted octanol–water partition coefficient (Wildman–Crippen LogP) is 12.2. The molecule has 9 rings (SSSR count). The smallest absolute Gasteiger partial charge is 0.144 e. The van der Waals surface area contributed by atoms with Gasteiger partial charge in [0.2, 0.25) is 0 Å². The van der Waals surface area contributed by atoms with E-state index in [1.807, 2.05) is 12.1 Å². The minimum absolute atomic E-state index is 0.868. The van der Waals surface area contributed by atoms with Crippen molar-refractivity contribution < 1.29 is 8.83 Å². The standard InChI is InChI=1S/C42H29NO2/c1-4-13-29(14-5-1)39-40-35-19-10-11-22-37(35)44-38(40)27-36-34-21-12-20-33(41(34)45-42(36)39)28-23-25-32(26-24-28)43(30-15-6-2-7-16-30)31-17-8-3-9-18-31/h1-8,10-17,19-27H,9,18H2. The van der Waals surface area contributed by atoms with Crippen molar-refractivity contribution in [2.24, 2.45) is 0 Å². The first-order valence-corrected chi connectivity index (χ1v) is 15.5. The molecule has 3 nitrogen and oxygen atoms in total. The monoisotopic (exact) mass is 579 g/mol. The average molecular weight is 580 g/mol. The van der Waals surface area contributed by atoms with E-state index in [1.165, 1.54) is 5.70 Å². The van der Waals surface area contributed by atoms with E-state index in [0.29, 0.717) is 0 Å². The summed E-state index contributed by atoms with van der Waals surface area (Å²) in [6, 6.07) is 46.8. The highest BCUT2D eigenvalue weighted by molar-refractivity contribution is 6.24. The van der Waals surface area contributed by atoms with Crippen LogP contribution >= 0.6 is 0 Å². The summed E-state index contributed by atoms with van der Waals surface area (Å²) in [7, 11) is 0. The van der Waals surface area contributed by atoms with E-state index in [4.69, 9.17) is 8.83 Å². The zero-order valence-corrected chi connectivity index (χ0v) is 24.6. The van der Waals surface area contributed by atoms with Gasteiger partial charge in [0.25, 0.3) is 0 Å². The Morgan fingerprint density at radius 3 is 2.07 bits per heavy atom. The second kappa shape index (κ2) is 10.4. The van der Waals surface area contributed by atoms with Gasteiger partial charge in [0.05, 0.1) is 0 Å². The van der Waals surface area contributed by atoms with E-state index >= 15 is 0 Å². The summed E-state index contributed by atoms with van der Waals surface area (Å²) in [5.41, 5.74) is 11.5. The van der Waals surface area contributed by atoms with Crippen LogP contribution in [0.3, 0.4) is 0 Å². The Bertz CT molecular complexity index is 2410. The lowest BCUT2D eigenvalue weighted by Crippen LogP contribution is -2.17. The van der Waals surface area contributed by atoms with Crippen molar-refractivity contribution in [1.29, 1.82) is 0 Å².